The van der Waals surface area contributed by atoms with Gasteiger partial charge in [0.15, 0.2) is 5.76 Å². The van der Waals surface area contributed by atoms with Crippen LogP contribution in [0.3, 0.4) is 0 Å². The quantitative estimate of drug-likeness (QED) is 0.809. The fourth-order valence-corrected chi connectivity index (χ4v) is 2.88. The van der Waals surface area contributed by atoms with Crippen molar-refractivity contribution in [2.24, 2.45) is 0 Å². The molecule has 0 saturated carbocycles. The average Bonchev–Trinajstić information content (AvgIpc) is 2.77. The smallest absolute Gasteiger partial charge is 0.168 e. The van der Waals surface area contributed by atoms with Crippen LogP contribution in [-0.4, -0.2) is 27.1 Å². The molecule has 0 spiro atoms. The lowest BCUT2D eigenvalue weighted by molar-refractivity contribution is 0.246. The van der Waals surface area contributed by atoms with Gasteiger partial charge in [0.25, 0.3) is 0 Å². The van der Waals surface area contributed by atoms with Gasteiger partial charge in [-0.05, 0) is 30.2 Å². The summed E-state index contributed by atoms with van der Waals surface area (Å²) in [5.41, 5.74) is 2.24. The molecule has 1 aliphatic rings. The first-order valence-corrected chi connectivity index (χ1v) is 7.02. The van der Waals surface area contributed by atoms with Crippen LogP contribution in [0.15, 0.2) is 24.0 Å². The van der Waals surface area contributed by atoms with E-state index in [-0.39, 0.29) is 5.92 Å². The zero-order valence-corrected chi connectivity index (χ0v) is 12.5. The lowest BCUT2D eigenvalue weighted by atomic mass is 9.95. The Labute approximate surface area is 120 Å². The molecule has 19 heavy (non-hydrogen) atoms. The first-order valence-electron chi connectivity index (χ1n) is 6.38. The summed E-state index contributed by atoms with van der Waals surface area (Å²) >= 11 is 4.29. The highest BCUT2D eigenvalue weighted by Crippen LogP contribution is 2.48. The van der Waals surface area contributed by atoms with Crippen molar-refractivity contribution in [3.8, 4) is 5.75 Å². The largest absolute Gasteiger partial charge is 0.497 e. The minimum Gasteiger partial charge on any atom is -0.497 e. The molecule has 104 valence electrons. The van der Waals surface area contributed by atoms with E-state index in [0.29, 0.717) is 0 Å². The van der Waals surface area contributed by atoms with E-state index in [1.54, 1.807) is 21.3 Å². The molecule has 2 rings (SSSR count). The third kappa shape index (κ3) is 2.41. The van der Waals surface area contributed by atoms with Crippen molar-refractivity contribution in [3.05, 3.63) is 35.1 Å². The van der Waals surface area contributed by atoms with E-state index in [4.69, 9.17) is 14.2 Å². The summed E-state index contributed by atoms with van der Waals surface area (Å²) in [7, 11) is 5.04. The predicted molar refractivity (Wildman–Crippen MR) is 79.8 cm³/mol. The molecule has 1 atom stereocenters. The third-order valence-electron chi connectivity index (χ3n) is 3.50. The number of methoxy groups -OCH3 is 3. The average molecular weight is 280 g/mol. The van der Waals surface area contributed by atoms with Crippen molar-refractivity contribution in [1.82, 2.24) is 0 Å². The molecular formula is C15H20O3S. The molecule has 0 heterocycles. The zero-order valence-electron chi connectivity index (χ0n) is 11.6. The molecule has 0 amide bonds. The second kappa shape index (κ2) is 6.24. The van der Waals surface area contributed by atoms with Crippen LogP contribution in [0.5, 0.6) is 5.75 Å². The first-order chi connectivity index (χ1) is 9.28. The zero-order chi connectivity index (χ0) is 13.8. The maximum Gasteiger partial charge on any atom is 0.168 e. The molecular weight excluding hydrogens is 260 g/mol. The van der Waals surface area contributed by atoms with Crippen molar-refractivity contribution in [3.63, 3.8) is 0 Å². The predicted octanol–water partition coefficient (Wildman–Crippen LogP) is 3.46. The van der Waals surface area contributed by atoms with Gasteiger partial charge >= 0.3 is 0 Å². The fourth-order valence-electron chi connectivity index (χ4n) is 2.69. The molecule has 0 saturated heterocycles. The van der Waals surface area contributed by atoms with Gasteiger partial charge in [-0.3, -0.25) is 0 Å². The topological polar surface area (TPSA) is 27.7 Å². The second-order valence-electron chi connectivity index (χ2n) is 4.44. The van der Waals surface area contributed by atoms with E-state index < -0.39 is 0 Å². The Morgan fingerprint density at radius 2 is 1.89 bits per heavy atom. The van der Waals surface area contributed by atoms with Gasteiger partial charge in [-0.25, -0.2) is 0 Å². The Balaban J connectivity index is 2.51. The Morgan fingerprint density at radius 1 is 1.11 bits per heavy atom. The Kier molecular flexibility index (Phi) is 4.64. The van der Waals surface area contributed by atoms with Crippen LogP contribution in [0, 0.1) is 0 Å². The highest BCUT2D eigenvalue weighted by molar-refractivity contribution is 7.80. The molecule has 0 aromatic heterocycles. The highest BCUT2D eigenvalue weighted by atomic mass is 32.1. The van der Waals surface area contributed by atoms with E-state index in [1.807, 2.05) is 12.1 Å². The standard InChI is InChI=1S/C15H20O3S/c1-16-12-8-4-6-10-11(7-5-9-19)14(17-2)15(18-3)13(10)12/h4,6,8,11,19H,5,7,9H2,1-3H3. The molecule has 4 heteroatoms. The molecule has 1 unspecified atom stereocenters. The van der Waals surface area contributed by atoms with Crippen molar-refractivity contribution < 1.29 is 14.2 Å². The molecule has 1 aromatic rings. The van der Waals surface area contributed by atoms with Crippen LogP contribution in [0.1, 0.15) is 29.9 Å². The van der Waals surface area contributed by atoms with Crippen molar-refractivity contribution in [2.45, 2.75) is 18.8 Å². The summed E-state index contributed by atoms with van der Waals surface area (Å²) in [5, 5.41) is 0. The molecule has 0 N–H and O–H groups in total. The van der Waals surface area contributed by atoms with E-state index in [2.05, 4.69) is 18.7 Å². The summed E-state index contributed by atoms with van der Waals surface area (Å²) in [4.78, 5) is 0. The second-order valence-corrected chi connectivity index (χ2v) is 4.89. The van der Waals surface area contributed by atoms with Crippen LogP contribution < -0.4 is 4.74 Å². The molecule has 0 fully saturated rings. The number of benzene rings is 1. The van der Waals surface area contributed by atoms with Gasteiger partial charge in [-0.15, -0.1) is 0 Å². The monoisotopic (exact) mass is 280 g/mol. The number of allylic oxidation sites excluding steroid dienone is 1. The van der Waals surface area contributed by atoms with Crippen molar-refractivity contribution >= 4 is 18.4 Å². The number of hydrogen-bond donors (Lipinski definition) is 1. The van der Waals surface area contributed by atoms with Crippen LogP contribution in [0.4, 0.5) is 0 Å². The SMILES string of the molecule is COC1=C(OC)C(CCCS)c2cccc(OC)c21. The highest BCUT2D eigenvalue weighted by Gasteiger charge is 2.35. The maximum absolute atomic E-state index is 5.58. The van der Waals surface area contributed by atoms with Gasteiger partial charge in [-0.1, -0.05) is 12.1 Å². The summed E-state index contributed by atoms with van der Waals surface area (Å²) < 4.78 is 16.6. The van der Waals surface area contributed by atoms with E-state index in [9.17, 15) is 0 Å². The van der Waals surface area contributed by atoms with E-state index >= 15 is 0 Å². The summed E-state index contributed by atoms with van der Waals surface area (Å²) in [5.74, 6) is 3.62. The number of hydrogen-bond acceptors (Lipinski definition) is 4. The van der Waals surface area contributed by atoms with Crippen LogP contribution >= 0.6 is 12.6 Å². The van der Waals surface area contributed by atoms with Gasteiger partial charge in [-0.2, -0.15) is 12.6 Å². The molecule has 1 aromatic carbocycles. The Bertz CT molecular complexity index is 482. The Hall–Kier alpha value is -1.29. The molecule has 0 aliphatic heterocycles. The maximum atomic E-state index is 5.58. The van der Waals surface area contributed by atoms with Gasteiger partial charge in [0, 0.05) is 5.92 Å². The first kappa shape index (κ1) is 14.1. The minimum atomic E-state index is 0.234. The molecule has 0 radical (unpaired) electrons. The van der Waals surface area contributed by atoms with Crippen LogP contribution in [-0.2, 0) is 9.47 Å². The molecule has 1 aliphatic carbocycles. The number of rotatable bonds is 6. The van der Waals surface area contributed by atoms with Crippen LogP contribution in [0.2, 0.25) is 0 Å². The number of ether oxygens (including phenoxy) is 3. The van der Waals surface area contributed by atoms with Gasteiger partial charge in [0.2, 0.25) is 0 Å². The van der Waals surface area contributed by atoms with Crippen molar-refractivity contribution in [2.75, 3.05) is 27.1 Å². The molecule has 0 bridgehead atoms. The normalized spacial score (nSPS) is 17.4. The van der Waals surface area contributed by atoms with Gasteiger partial charge < -0.3 is 14.2 Å². The van der Waals surface area contributed by atoms with Gasteiger partial charge in [0.05, 0.1) is 26.9 Å². The summed E-state index contributed by atoms with van der Waals surface area (Å²) in [6.45, 7) is 0. The Morgan fingerprint density at radius 3 is 2.47 bits per heavy atom. The lowest BCUT2D eigenvalue weighted by Gasteiger charge is -2.14. The molecule has 3 nitrogen and oxygen atoms in total. The van der Waals surface area contributed by atoms with E-state index in [0.717, 1.165) is 41.4 Å². The van der Waals surface area contributed by atoms with Gasteiger partial charge in [0.1, 0.15) is 11.5 Å². The lowest BCUT2D eigenvalue weighted by Crippen LogP contribution is -2.02. The van der Waals surface area contributed by atoms with Crippen molar-refractivity contribution in [1.29, 1.82) is 0 Å². The summed E-state index contributed by atoms with van der Waals surface area (Å²) in [6.07, 6.45) is 2.04. The summed E-state index contributed by atoms with van der Waals surface area (Å²) in [6, 6.07) is 6.08. The third-order valence-corrected chi connectivity index (χ3v) is 3.81. The van der Waals surface area contributed by atoms with Crippen LogP contribution in [0.25, 0.3) is 5.76 Å². The minimum absolute atomic E-state index is 0.234. The fraction of sp³-hybridized carbons (Fsp3) is 0.467. The van der Waals surface area contributed by atoms with E-state index in [1.165, 1.54) is 5.56 Å². The number of thiol groups is 1. The number of fused-ring (bicyclic) bond motifs is 1.